The molecular weight excluding hydrogens is 232 g/mol. The normalized spacial score (nSPS) is 12.9. The van der Waals surface area contributed by atoms with Crippen LogP contribution < -0.4 is 10.9 Å². The maximum atomic E-state index is 11.1. The smallest absolute Gasteiger partial charge is 0.277 e. The molecule has 0 fully saturated rings. The van der Waals surface area contributed by atoms with Gasteiger partial charge in [0.25, 0.3) is 5.69 Å². The molecule has 0 amide bonds. The Kier molecular flexibility index (Phi) is 2.42. The number of aromatic nitrogens is 1. The fraction of sp³-hybridized carbons (Fsp3) is 0.0833. The molecule has 0 saturated carbocycles. The molecule has 2 aromatic rings. The van der Waals surface area contributed by atoms with Gasteiger partial charge in [0.05, 0.1) is 10.5 Å². The second kappa shape index (κ2) is 4.08. The van der Waals surface area contributed by atoms with Crippen molar-refractivity contribution in [2.24, 2.45) is 0 Å². The van der Waals surface area contributed by atoms with Crippen molar-refractivity contribution >= 4 is 11.5 Å². The molecule has 2 heterocycles. The Morgan fingerprint density at radius 1 is 1.22 bits per heavy atom. The molecule has 2 N–H and O–H groups in total. The summed E-state index contributed by atoms with van der Waals surface area (Å²) in [5, 5.41) is 11.1. The van der Waals surface area contributed by atoms with Gasteiger partial charge in [0.15, 0.2) is 0 Å². The van der Waals surface area contributed by atoms with Crippen LogP contribution in [0.25, 0.3) is 11.1 Å². The van der Waals surface area contributed by atoms with E-state index in [1.54, 1.807) is 30.5 Å². The van der Waals surface area contributed by atoms with Crippen molar-refractivity contribution in [2.75, 3.05) is 5.43 Å². The van der Waals surface area contributed by atoms with Crippen LogP contribution >= 0.6 is 0 Å². The van der Waals surface area contributed by atoms with Crippen molar-refractivity contribution in [3.8, 4) is 11.1 Å². The third-order valence-electron chi connectivity index (χ3n) is 2.92. The van der Waals surface area contributed by atoms with Gasteiger partial charge in [-0.1, -0.05) is 12.1 Å². The molecule has 0 radical (unpaired) electrons. The largest absolute Gasteiger partial charge is 0.305 e. The third-order valence-corrected chi connectivity index (χ3v) is 2.92. The molecule has 1 aromatic carbocycles. The first-order chi connectivity index (χ1) is 8.77. The molecule has 1 aromatic heterocycles. The summed E-state index contributed by atoms with van der Waals surface area (Å²) >= 11 is 0. The molecule has 0 bridgehead atoms. The lowest BCUT2D eigenvalue weighted by Crippen LogP contribution is -2.11. The number of para-hydroxylation sites is 1. The van der Waals surface area contributed by atoms with Crippen molar-refractivity contribution < 1.29 is 4.92 Å². The maximum Gasteiger partial charge on any atom is 0.277 e. The zero-order chi connectivity index (χ0) is 12.5. The number of nitro benzene ring substituents is 1. The minimum atomic E-state index is -0.363. The second-order valence-corrected chi connectivity index (χ2v) is 3.94. The van der Waals surface area contributed by atoms with Gasteiger partial charge in [-0.2, -0.15) is 0 Å². The molecular formula is C12H10N4O2. The van der Waals surface area contributed by atoms with Crippen LogP contribution in [-0.4, -0.2) is 9.91 Å². The summed E-state index contributed by atoms with van der Waals surface area (Å²) in [5.41, 5.74) is 8.41. The number of rotatable bonds is 2. The van der Waals surface area contributed by atoms with Crippen LogP contribution in [0.1, 0.15) is 5.56 Å². The van der Waals surface area contributed by atoms with Crippen LogP contribution in [-0.2, 0) is 6.54 Å². The topological polar surface area (TPSA) is 80.1 Å². The Morgan fingerprint density at radius 3 is 2.89 bits per heavy atom. The highest BCUT2D eigenvalue weighted by Crippen LogP contribution is 2.35. The van der Waals surface area contributed by atoms with E-state index in [9.17, 15) is 10.1 Å². The van der Waals surface area contributed by atoms with Crippen molar-refractivity contribution in [3.05, 3.63) is 52.2 Å². The second-order valence-electron chi connectivity index (χ2n) is 3.94. The number of anilines is 1. The average Bonchev–Trinajstić information content (AvgIpc) is 2.86. The van der Waals surface area contributed by atoms with Crippen LogP contribution in [0.5, 0.6) is 0 Å². The number of nitrogens with zero attached hydrogens (tertiary/aromatic N) is 2. The predicted molar refractivity (Wildman–Crippen MR) is 66.8 cm³/mol. The molecule has 18 heavy (non-hydrogen) atoms. The quantitative estimate of drug-likeness (QED) is 0.622. The van der Waals surface area contributed by atoms with Crippen molar-refractivity contribution in [3.63, 3.8) is 0 Å². The first-order valence-corrected chi connectivity index (χ1v) is 5.48. The fourth-order valence-electron chi connectivity index (χ4n) is 2.11. The summed E-state index contributed by atoms with van der Waals surface area (Å²) in [6, 6.07) is 8.53. The number of benzene rings is 1. The highest BCUT2D eigenvalue weighted by atomic mass is 16.6. The lowest BCUT2D eigenvalue weighted by atomic mass is 10.00. The lowest BCUT2D eigenvalue weighted by molar-refractivity contribution is -0.384. The summed E-state index contributed by atoms with van der Waals surface area (Å²) in [6.07, 6.45) is 1.64. The SMILES string of the molecule is O=[N+]([O-])c1ccccc1-c1ccnc2c1CNN2. The number of fused-ring (bicyclic) bond motifs is 1. The van der Waals surface area contributed by atoms with Gasteiger partial charge in [-0.25, -0.2) is 10.4 Å². The van der Waals surface area contributed by atoms with E-state index in [0.717, 1.165) is 16.9 Å². The Labute approximate surface area is 103 Å². The van der Waals surface area contributed by atoms with Gasteiger partial charge in [-0.15, -0.1) is 0 Å². The van der Waals surface area contributed by atoms with E-state index in [0.29, 0.717) is 12.1 Å². The Hall–Kier alpha value is -2.47. The molecule has 0 spiro atoms. The van der Waals surface area contributed by atoms with E-state index in [-0.39, 0.29) is 10.6 Å². The summed E-state index contributed by atoms with van der Waals surface area (Å²) in [6.45, 7) is 0.602. The van der Waals surface area contributed by atoms with E-state index in [2.05, 4.69) is 15.8 Å². The number of pyridine rings is 1. The van der Waals surface area contributed by atoms with E-state index in [1.807, 2.05) is 0 Å². The van der Waals surface area contributed by atoms with Crippen LogP contribution in [0.4, 0.5) is 11.5 Å². The van der Waals surface area contributed by atoms with Crippen molar-refractivity contribution in [2.45, 2.75) is 6.54 Å². The Bertz CT molecular complexity index is 627. The van der Waals surface area contributed by atoms with E-state index < -0.39 is 0 Å². The summed E-state index contributed by atoms with van der Waals surface area (Å²) in [4.78, 5) is 14.9. The maximum absolute atomic E-state index is 11.1. The average molecular weight is 242 g/mol. The molecule has 0 unspecified atom stereocenters. The van der Waals surface area contributed by atoms with E-state index >= 15 is 0 Å². The van der Waals surface area contributed by atoms with Gasteiger partial charge in [0.2, 0.25) is 0 Å². The minimum Gasteiger partial charge on any atom is -0.305 e. The first kappa shape index (κ1) is 10.7. The van der Waals surface area contributed by atoms with Gasteiger partial charge >= 0.3 is 0 Å². The molecule has 6 heteroatoms. The highest BCUT2D eigenvalue weighted by Gasteiger charge is 2.21. The number of hydrazine groups is 1. The predicted octanol–water partition coefficient (Wildman–Crippen LogP) is 2.09. The van der Waals surface area contributed by atoms with E-state index in [1.165, 1.54) is 6.07 Å². The molecule has 90 valence electrons. The Morgan fingerprint density at radius 2 is 2.06 bits per heavy atom. The molecule has 0 atom stereocenters. The summed E-state index contributed by atoms with van der Waals surface area (Å²) in [7, 11) is 0. The third kappa shape index (κ3) is 1.59. The summed E-state index contributed by atoms with van der Waals surface area (Å²) in [5.74, 6) is 0.727. The van der Waals surface area contributed by atoms with Crippen molar-refractivity contribution in [1.82, 2.24) is 10.4 Å². The molecule has 3 rings (SSSR count). The molecule has 6 nitrogen and oxygen atoms in total. The van der Waals surface area contributed by atoms with E-state index in [4.69, 9.17) is 0 Å². The fourth-order valence-corrected chi connectivity index (χ4v) is 2.11. The number of nitro groups is 1. The standard InChI is InChI=1S/C12H10N4O2/c17-16(18)11-4-2-1-3-9(11)8-5-6-13-12-10(8)7-14-15-12/h1-6,14H,7H2,(H,13,15). The number of nitrogens with one attached hydrogen (secondary N) is 2. The lowest BCUT2D eigenvalue weighted by Gasteiger charge is -2.06. The molecule has 1 aliphatic heterocycles. The molecule has 0 saturated heterocycles. The van der Waals surface area contributed by atoms with Crippen molar-refractivity contribution in [1.29, 1.82) is 0 Å². The Balaban J connectivity index is 2.22. The highest BCUT2D eigenvalue weighted by molar-refractivity contribution is 5.79. The van der Waals surface area contributed by atoms with Crippen LogP contribution in [0, 0.1) is 10.1 Å². The number of hydrogen-bond donors (Lipinski definition) is 2. The van der Waals surface area contributed by atoms with Crippen LogP contribution in [0.2, 0.25) is 0 Å². The van der Waals surface area contributed by atoms with Crippen LogP contribution in [0.15, 0.2) is 36.5 Å². The molecule has 1 aliphatic rings. The van der Waals surface area contributed by atoms with Gasteiger partial charge in [0.1, 0.15) is 5.82 Å². The van der Waals surface area contributed by atoms with Crippen LogP contribution in [0.3, 0.4) is 0 Å². The van der Waals surface area contributed by atoms with Gasteiger partial charge in [-0.05, 0) is 17.7 Å². The summed E-state index contributed by atoms with van der Waals surface area (Å²) < 4.78 is 0. The van der Waals surface area contributed by atoms with Gasteiger partial charge in [-0.3, -0.25) is 10.1 Å². The first-order valence-electron chi connectivity index (χ1n) is 5.48. The van der Waals surface area contributed by atoms with Gasteiger partial charge < -0.3 is 5.43 Å². The molecule has 0 aliphatic carbocycles. The monoisotopic (exact) mass is 242 g/mol. The minimum absolute atomic E-state index is 0.109. The number of hydrogen-bond acceptors (Lipinski definition) is 5. The zero-order valence-corrected chi connectivity index (χ0v) is 9.38. The zero-order valence-electron chi connectivity index (χ0n) is 9.38. The van der Waals surface area contributed by atoms with Gasteiger partial charge in [0, 0.05) is 24.4 Å².